The summed E-state index contributed by atoms with van der Waals surface area (Å²) in [7, 11) is 1.36. The molecule has 4 nitrogen and oxygen atoms in total. The van der Waals surface area contributed by atoms with Crippen LogP contribution in [0.5, 0.6) is 0 Å². The van der Waals surface area contributed by atoms with Crippen molar-refractivity contribution >= 4 is 5.97 Å². The molecule has 0 amide bonds. The van der Waals surface area contributed by atoms with Gasteiger partial charge >= 0.3 is 5.97 Å². The van der Waals surface area contributed by atoms with Crippen LogP contribution in [-0.4, -0.2) is 13.1 Å². The van der Waals surface area contributed by atoms with Crippen molar-refractivity contribution in [1.29, 1.82) is 0 Å². The summed E-state index contributed by atoms with van der Waals surface area (Å²) >= 11 is 0. The van der Waals surface area contributed by atoms with E-state index in [1.54, 1.807) is 0 Å². The van der Waals surface area contributed by atoms with E-state index < -0.39 is 11.8 Å². The number of esters is 1. The van der Waals surface area contributed by atoms with Crippen molar-refractivity contribution in [2.45, 2.75) is 24.7 Å². The molecule has 2 unspecified atom stereocenters. The van der Waals surface area contributed by atoms with E-state index in [9.17, 15) is 4.79 Å². The van der Waals surface area contributed by atoms with Gasteiger partial charge in [0.15, 0.2) is 0 Å². The number of carbonyl (C=O) groups is 1. The van der Waals surface area contributed by atoms with Crippen LogP contribution in [-0.2, 0) is 31.4 Å². The normalized spacial score (nSPS) is 24.9. The second kappa shape index (κ2) is 5.80. The summed E-state index contributed by atoms with van der Waals surface area (Å²) in [6.07, 6.45) is 2.45. The van der Waals surface area contributed by atoms with Crippen LogP contribution in [0.3, 0.4) is 0 Å². The monoisotopic (exact) mass is 322 g/mol. The van der Waals surface area contributed by atoms with E-state index >= 15 is 0 Å². The molecule has 4 heteroatoms. The second-order valence-corrected chi connectivity index (χ2v) is 6.04. The van der Waals surface area contributed by atoms with Crippen molar-refractivity contribution in [3.63, 3.8) is 0 Å². The first-order valence-electron chi connectivity index (χ1n) is 7.98. The van der Waals surface area contributed by atoms with Gasteiger partial charge in [-0.05, 0) is 17.2 Å². The van der Waals surface area contributed by atoms with Crippen LogP contribution in [0.2, 0.25) is 0 Å². The first-order valence-corrected chi connectivity index (χ1v) is 7.98. The van der Waals surface area contributed by atoms with Crippen LogP contribution in [0.4, 0.5) is 0 Å². The van der Waals surface area contributed by atoms with E-state index in [0.717, 1.165) is 16.7 Å². The first kappa shape index (κ1) is 15.0. The Labute approximate surface area is 140 Å². The lowest BCUT2D eigenvalue weighted by molar-refractivity contribution is -0.231. The number of benzene rings is 2. The van der Waals surface area contributed by atoms with Crippen LogP contribution in [0.1, 0.15) is 29.0 Å². The maximum Gasteiger partial charge on any atom is 0.373 e. The van der Waals surface area contributed by atoms with E-state index in [1.807, 2.05) is 48.5 Å². The highest BCUT2D eigenvalue weighted by Crippen LogP contribution is 2.48. The van der Waals surface area contributed by atoms with Crippen LogP contribution in [0.15, 0.2) is 66.4 Å². The number of fused-ring (bicyclic) bond motifs is 2. The SMILES string of the molecule is COC(=O)C1=CC(c2ccccc2)CC2(OCc3ccccc32)O1. The number of methoxy groups -OCH3 is 1. The molecule has 24 heavy (non-hydrogen) atoms. The average Bonchev–Trinajstić information content (AvgIpc) is 2.99. The highest BCUT2D eigenvalue weighted by atomic mass is 16.7. The summed E-state index contributed by atoms with van der Waals surface area (Å²) in [5, 5.41) is 0. The molecule has 1 spiro atoms. The predicted octanol–water partition coefficient (Wildman–Crippen LogP) is 3.63. The van der Waals surface area contributed by atoms with Crippen LogP contribution >= 0.6 is 0 Å². The molecule has 0 radical (unpaired) electrons. The minimum absolute atomic E-state index is 0.0141. The third-order valence-electron chi connectivity index (χ3n) is 4.62. The molecular formula is C20H18O4. The standard InChI is InChI=1S/C20H18O4/c1-22-19(21)18-11-16(14-7-3-2-4-8-14)12-20(24-18)17-10-6-5-9-15(17)13-23-20/h2-11,16H,12-13H2,1H3. The molecule has 2 aromatic carbocycles. The molecule has 0 saturated heterocycles. The first-order chi connectivity index (χ1) is 11.7. The Morgan fingerprint density at radius 1 is 1.12 bits per heavy atom. The van der Waals surface area contributed by atoms with Gasteiger partial charge in [-0.25, -0.2) is 4.79 Å². The van der Waals surface area contributed by atoms with E-state index in [1.165, 1.54) is 7.11 Å². The van der Waals surface area contributed by atoms with E-state index in [-0.39, 0.29) is 11.7 Å². The Morgan fingerprint density at radius 2 is 1.88 bits per heavy atom. The molecule has 4 rings (SSSR count). The summed E-state index contributed by atoms with van der Waals surface area (Å²) in [6, 6.07) is 18.0. The highest BCUT2D eigenvalue weighted by molar-refractivity contribution is 5.86. The minimum atomic E-state index is -0.935. The zero-order valence-electron chi connectivity index (χ0n) is 13.4. The van der Waals surface area contributed by atoms with Gasteiger partial charge in [-0.1, -0.05) is 54.6 Å². The number of rotatable bonds is 2. The van der Waals surface area contributed by atoms with Crippen molar-refractivity contribution in [3.05, 3.63) is 83.1 Å². The molecule has 0 saturated carbocycles. The van der Waals surface area contributed by atoms with E-state index in [4.69, 9.17) is 14.2 Å². The summed E-state index contributed by atoms with van der Waals surface area (Å²) in [6.45, 7) is 0.478. The zero-order chi connectivity index (χ0) is 16.6. The average molecular weight is 322 g/mol. The molecule has 0 bridgehead atoms. The van der Waals surface area contributed by atoms with Gasteiger partial charge in [-0.2, -0.15) is 0 Å². The molecule has 0 fully saturated rings. The van der Waals surface area contributed by atoms with Gasteiger partial charge in [0.1, 0.15) is 0 Å². The van der Waals surface area contributed by atoms with Crippen LogP contribution in [0.25, 0.3) is 0 Å². The largest absolute Gasteiger partial charge is 0.463 e. The fourth-order valence-corrected chi connectivity index (χ4v) is 3.45. The topological polar surface area (TPSA) is 44.8 Å². The fourth-order valence-electron chi connectivity index (χ4n) is 3.45. The van der Waals surface area contributed by atoms with E-state index in [2.05, 4.69) is 12.1 Å². The third kappa shape index (κ3) is 2.39. The highest BCUT2D eigenvalue weighted by Gasteiger charge is 2.48. The molecule has 0 aliphatic carbocycles. The molecule has 2 heterocycles. The number of ether oxygens (including phenoxy) is 3. The molecular weight excluding hydrogens is 304 g/mol. The summed E-state index contributed by atoms with van der Waals surface area (Å²) < 4.78 is 17.0. The summed E-state index contributed by atoms with van der Waals surface area (Å²) in [5.74, 6) is -1.20. The van der Waals surface area contributed by atoms with Gasteiger partial charge in [0.05, 0.1) is 13.7 Å². The Morgan fingerprint density at radius 3 is 2.67 bits per heavy atom. The molecule has 2 atom stereocenters. The Kier molecular flexibility index (Phi) is 3.62. The fraction of sp³-hybridized carbons (Fsp3) is 0.250. The molecule has 2 aliphatic heterocycles. The van der Waals surface area contributed by atoms with Crippen LogP contribution < -0.4 is 0 Å². The maximum atomic E-state index is 12.1. The molecule has 0 N–H and O–H groups in total. The van der Waals surface area contributed by atoms with Gasteiger partial charge in [-0.15, -0.1) is 0 Å². The summed E-state index contributed by atoms with van der Waals surface area (Å²) in [4.78, 5) is 12.1. The molecule has 2 aromatic rings. The minimum Gasteiger partial charge on any atom is -0.463 e. The lowest BCUT2D eigenvalue weighted by atomic mass is 9.85. The quantitative estimate of drug-likeness (QED) is 0.792. The van der Waals surface area contributed by atoms with Gasteiger partial charge in [0, 0.05) is 17.9 Å². The van der Waals surface area contributed by atoms with Gasteiger partial charge < -0.3 is 14.2 Å². The summed E-state index contributed by atoms with van der Waals surface area (Å²) in [5.41, 5.74) is 3.20. The number of hydrogen-bond acceptors (Lipinski definition) is 4. The third-order valence-corrected chi connectivity index (χ3v) is 4.62. The maximum absolute atomic E-state index is 12.1. The van der Waals surface area contributed by atoms with Crippen molar-refractivity contribution in [3.8, 4) is 0 Å². The molecule has 122 valence electrons. The van der Waals surface area contributed by atoms with Crippen molar-refractivity contribution in [2.75, 3.05) is 7.11 Å². The Hall–Kier alpha value is -2.59. The van der Waals surface area contributed by atoms with E-state index in [0.29, 0.717) is 13.0 Å². The Balaban J connectivity index is 1.79. The van der Waals surface area contributed by atoms with Crippen LogP contribution in [0, 0.1) is 0 Å². The lowest BCUT2D eigenvalue weighted by Crippen LogP contribution is -2.36. The molecule has 0 aromatic heterocycles. The number of allylic oxidation sites excluding steroid dienone is 1. The lowest BCUT2D eigenvalue weighted by Gasteiger charge is -2.37. The van der Waals surface area contributed by atoms with Gasteiger partial charge in [0.25, 0.3) is 0 Å². The van der Waals surface area contributed by atoms with Crippen molar-refractivity contribution < 1.29 is 19.0 Å². The van der Waals surface area contributed by atoms with Crippen molar-refractivity contribution in [2.24, 2.45) is 0 Å². The van der Waals surface area contributed by atoms with Gasteiger partial charge in [-0.3, -0.25) is 0 Å². The number of hydrogen-bond donors (Lipinski definition) is 0. The predicted molar refractivity (Wildman–Crippen MR) is 87.9 cm³/mol. The van der Waals surface area contributed by atoms with Crippen molar-refractivity contribution in [1.82, 2.24) is 0 Å². The number of carbonyl (C=O) groups excluding carboxylic acids is 1. The Bertz CT molecular complexity index is 796. The zero-order valence-corrected chi connectivity index (χ0v) is 13.4. The second-order valence-electron chi connectivity index (χ2n) is 6.04. The molecule has 2 aliphatic rings. The smallest absolute Gasteiger partial charge is 0.373 e. The van der Waals surface area contributed by atoms with Gasteiger partial charge in [0.2, 0.25) is 11.5 Å².